The Morgan fingerprint density at radius 1 is 1.08 bits per heavy atom. The monoisotopic (exact) mass is 345 g/mol. The van der Waals surface area contributed by atoms with E-state index in [9.17, 15) is 19.2 Å². The molecule has 0 saturated carbocycles. The molecular formula is C17H19N3O5. The Morgan fingerprint density at radius 3 is 2.44 bits per heavy atom. The van der Waals surface area contributed by atoms with Gasteiger partial charge in [-0.15, -0.1) is 0 Å². The van der Waals surface area contributed by atoms with Crippen LogP contribution in [0.5, 0.6) is 0 Å². The fraction of sp³-hybridized carbons (Fsp3) is 0.294. The number of nitrogens with one attached hydrogen (secondary N) is 1. The van der Waals surface area contributed by atoms with Crippen LogP contribution in [0, 0.1) is 13.8 Å². The highest BCUT2D eigenvalue weighted by Gasteiger charge is 2.14. The number of carbonyl (C=O) groups excluding carboxylic acids is 2. The summed E-state index contributed by atoms with van der Waals surface area (Å²) in [6.07, 6.45) is 0. The number of aryl methyl sites for hydroxylation is 2. The van der Waals surface area contributed by atoms with Crippen molar-refractivity contribution >= 4 is 17.7 Å². The van der Waals surface area contributed by atoms with Crippen molar-refractivity contribution in [1.82, 2.24) is 9.13 Å². The van der Waals surface area contributed by atoms with E-state index in [0.29, 0.717) is 5.56 Å². The summed E-state index contributed by atoms with van der Waals surface area (Å²) in [4.78, 5) is 47.5. The molecule has 0 fully saturated rings. The number of aromatic nitrogens is 2. The van der Waals surface area contributed by atoms with Gasteiger partial charge in [0.1, 0.15) is 5.82 Å². The van der Waals surface area contributed by atoms with Crippen molar-refractivity contribution in [3.63, 3.8) is 0 Å². The van der Waals surface area contributed by atoms with Gasteiger partial charge in [0, 0.05) is 20.2 Å². The van der Waals surface area contributed by atoms with Gasteiger partial charge in [-0.2, -0.15) is 0 Å². The van der Waals surface area contributed by atoms with Crippen LogP contribution in [-0.4, -0.2) is 27.6 Å². The number of amides is 1. The Morgan fingerprint density at radius 2 is 1.76 bits per heavy atom. The van der Waals surface area contributed by atoms with Crippen LogP contribution in [0.15, 0.2) is 33.9 Å². The summed E-state index contributed by atoms with van der Waals surface area (Å²) in [5.74, 6) is -1.24. The standard InChI is InChI=1S/C17H19N3O5/c1-10-5-6-11(2)12(7-10)16(23)25-9-14(21)18-13-8-15(22)20(4)17(24)19(13)3/h5-8H,9H2,1-4H3,(H,18,21). The Labute approximate surface area is 143 Å². The second-order valence-electron chi connectivity index (χ2n) is 5.71. The topological polar surface area (TPSA) is 99.4 Å². The molecule has 0 spiro atoms. The zero-order valence-electron chi connectivity index (χ0n) is 14.5. The maximum absolute atomic E-state index is 12.1. The summed E-state index contributed by atoms with van der Waals surface area (Å²) >= 11 is 0. The molecule has 0 aliphatic carbocycles. The minimum Gasteiger partial charge on any atom is -0.452 e. The first kappa shape index (κ1) is 18.2. The van der Waals surface area contributed by atoms with E-state index in [1.165, 1.54) is 14.1 Å². The molecule has 0 aliphatic heterocycles. The van der Waals surface area contributed by atoms with Gasteiger partial charge in [-0.05, 0) is 25.5 Å². The quantitative estimate of drug-likeness (QED) is 0.813. The highest BCUT2D eigenvalue weighted by Crippen LogP contribution is 2.12. The van der Waals surface area contributed by atoms with Gasteiger partial charge in [0.2, 0.25) is 0 Å². The Bertz CT molecular complexity index is 956. The maximum Gasteiger partial charge on any atom is 0.338 e. The number of hydrogen-bond acceptors (Lipinski definition) is 5. The van der Waals surface area contributed by atoms with Gasteiger partial charge >= 0.3 is 11.7 Å². The van der Waals surface area contributed by atoms with Gasteiger partial charge in [-0.3, -0.25) is 18.7 Å². The van der Waals surface area contributed by atoms with E-state index in [0.717, 1.165) is 26.3 Å². The van der Waals surface area contributed by atoms with Crippen LogP contribution in [0.4, 0.5) is 5.82 Å². The lowest BCUT2D eigenvalue weighted by molar-refractivity contribution is -0.119. The minimum atomic E-state index is -0.651. The summed E-state index contributed by atoms with van der Waals surface area (Å²) < 4.78 is 7.03. The Kier molecular flexibility index (Phi) is 5.21. The van der Waals surface area contributed by atoms with Crippen molar-refractivity contribution in [2.75, 3.05) is 11.9 Å². The lowest BCUT2D eigenvalue weighted by atomic mass is 10.1. The van der Waals surface area contributed by atoms with Gasteiger partial charge < -0.3 is 10.1 Å². The molecule has 1 N–H and O–H groups in total. The molecule has 0 radical (unpaired) electrons. The van der Waals surface area contributed by atoms with Crippen LogP contribution in [0.3, 0.4) is 0 Å². The maximum atomic E-state index is 12.1. The van der Waals surface area contributed by atoms with Gasteiger partial charge in [0.15, 0.2) is 6.61 Å². The zero-order chi connectivity index (χ0) is 18.7. The first-order chi connectivity index (χ1) is 11.7. The van der Waals surface area contributed by atoms with E-state index in [1.54, 1.807) is 19.1 Å². The molecule has 1 amide bonds. The predicted molar refractivity (Wildman–Crippen MR) is 91.8 cm³/mol. The fourth-order valence-corrected chi connectivity index (χ4v) is 2.20. The molecule has 25 heavy (non-hydrogen) atoms. The number of benzene rings is 1. The Hall–Kier alpha value is -3.16. The molecule has 8 nitrogen and oxygen atoms in total. The smallest absolute Gasteiger partial charge is 0.338 e. The average Bonchev–Trinajstić information content (AvgIpc) is 2.57. The van der Waals surface area contributed by atoms with E-state index in [2.05, 4.69) is 5.32 Å². The molecule has 0 bridgehead atoms. The molecule has 2 rings (SSSR count). The number of esters is 1. The van der Waals surface area contributed by atoms with Crippen molar-refractivity contribution in [1.29, 1.82) is 0 Å². The Balaban J connectivity index is 2.07. The molecule has 0 atom stereocenters. The summed E-state index contributed by atoms with van der Waals surface area (Å²) in [6, 6.07) is 6.46. The summed E-state index contributed by atoms with van der Waals surface area (Å²) in [6.45, 7) is 3.08. The third-order valence-corrected chi connectivity index (χ3v) is 3.74. The van der Waals surface area contributed by atoms with E-state index < -0.39 is 29.7 Å². The third-order valence-electron chi connectivity index (χ3n) is 3.74. The minimum absolute atomic E-state index is 0.0286. The third kappa shape index (κ3) is 4.03. The predicted octanol–water partition coefficient (Wildman–Crippen LogP) is 0.496. The van der Waals surface area contributed by atoms with Crippen LogP contribution in [-0.2, 0) is 23.6 Å². The lowest BCUT2D eigenvalue weighted by Crippen LogP contribution is -2.38. The van der Waals surface area contributed by atoms with Crippen molar-refractivity contribution in [3.8, 4) is 0 Å². The highest BCUT2D eigenvalue weighted by molar-refractivity contribution is 5.95. The molecule has 1 aromatic carbocycles. The molecule has 8 heteroatoms. The largest absolute Gasteiger partial charge is 0.452 e. The lowest BCUT2D eigenvalue weighted by Gasteiger charge is -2.11. The number of hydrogen-bond donors (Lipinski definition) is 1. The molecule has 132 valence electrons. The summed E-state index contributed by atoms with van der Waals surface area (Å²) in [5, 5.41) is 2.39. The van der Waals surface area contributed by atoms with Crippen LogP contribution in [0.1, 0.15) is 21.5 Å². The second-order valence-corrected chi connectivity index (χ2v) is 5.71. The number of nitrogens with zero attached hydrogens (tertiary/aromatic N) is 2. The summed E-state index contributed by atoms with van der Waals surface area (Å²) in [7, 11) is 2.75. The van der Waals surface area contributed by atoms with Crippen LogP contribution in [0.2, 0.25) is 0 Å². The van der Waals surface area contributed by atoms with E-state index in [4.69, 9.17) is 4.74 Å². The van der Waals surface area contributed by atoms with Crippen LogP contribution < -0.4 is 16.6 Å². The molecule has 0 unspecified atom stereocenters. The first-order valence-corrected chi connectivity index (χ1v) is 7.52. The van der Waals surface area contributed by atoms with E-state index >= 15 is 0 Å². The van der Waals surface area contributed by atoms with E-state index in [1.807, 2.05) is 13.0 Å². The molecule has 0 aliphatic rings. The number of anilines is 1. The van der Waals surface area contributed by atoms with Crippen molar-refractivity contribution in [2.24, 2.45) is 14.1 Å². The molecule has 0 saturated heterocycles. The number of rotatable bonds is 4. The van der Waals surface area contributed by atoms with Gasteiger partial charge in [-0.1, -0.05) is 17.7 Å². The van der Waals surface area contributed by atoms with Crippen LogP contribution in [0.25, 0.3) is 0 Å². The zero-order valence-corrected chi connectivity index (χ0v) is 14.5. The molecule has 2 aromatic rings. The van der Waals surface area contributed by atoms with Crippen molar-refractivity contribution < 1.29 is 14.3 Å². The SMILES string of the molecule is Cc1ccc(C)c(C(=O)OCC(=O)Nc2cc(=O)n(C)c(=O)n2C)c1. The summed E-state index contributed by atoms with van der Waals surface area (Å²) in [5.41, 5.74) is 0.900. The van der Waals surface area contributed by atoms with Crippen LogP contribution >= 0.6 is 0 Å². The molecular weight excluding hydrogens is 326 g/mol. The number of carbonyl (C=O) groups is 2. The van der Waals surface area contributed by atoms with Gasteiger partial charge in [-0.25, -0.2) is 9.59 Å². The molecule has 1 aromatic heterocycles. The second kappa shape index (κ2) is 7.16. The number of ether oxygens (including phenoxy) is 1. The normalized spacial score (nSPS) is 10.4. The average molecular weight is 345 g/mol. The van der Waals surface area contributed by atoms with E-state index in [-0.39, 0.29) is 5.82 Å². The van der Waals surface area contributed by atoms with Gasteiger partial charge in [0.05, 0.1) is 5.56 Å². The fourth-order valence-electron chi connectivity index (χ4n) is 2.20. The van der Waals surface area contributed by atoms with Crippen molar-refractivity contribution in [3.05, 3.63) is 61.8 Å². The van der Waals surface area contributed by atoms with Crippen molar-refractivity contribution in [2.45, 2.75) is 13.8 Å². The highest BCUT2D eigenvalue weighted by atomic mass is 16.5. The van der Waals surface area contributed by atoms with Gasteiger partial charge in [0.25, 0.3) is 11.5 Å². The molecule has 1 heterocycles. The first-order valence-electron chi connectivity index (χ1n) is 7.52.